The molecule has 4 heteroatoms. The lowest BCUT2D eigenvalue weighted by molar-refractivity contribution is -0.0597. The molecule has 0 saturated heterocycles. The quantitative estimate of drug-likeness (QED) is 0.325. The fraction of sp³-hybridized carbons (Fsp3) is 0.481. The molecule has 2 rings (SSSR count). The predicted molar refractivity (Wildman–Crippen MR) is 124 cm³/mol. The topological polar surface area (TPSA) is 52.6 Å². The maximum atomic E-state index is 13.0. The van der Waals surface area contributed by atoms with Crippen LogP contribution in [0.1, 0.15) is 92.9 Å². The highest BCUT2D eigenvalue weighted by Crippen LogP contribution is 2.34. The van der Waals surface area contributed by atoms with Crippen molar-refractivity contribution in [3.63, 3.8) is 0 Å². The van der Waals surface area contributed by atoms with Crippen molar-refractivity contribution in [2.45, 2.75) is 83.8 Å². The average molecular weight is 425 g/mol. The summed E-state index contributed by atoms with van der Waals surface area (Å²) < 4.78 is 12.1. The summed E-state index contributed by atoms with van der Waals surface area (Å²) >= 11 is 0. The van der Waals surface area contributed by atoms with Crippen LogP contribution in [0.4, 0.5) is 0 Å². The highest BCUT2D eigenvalue weighted by Gasteiger charge is 2.37. The van der Waals surface area contributed by atoms with Crippen molar-refractivity contribution >= 4 is 11.9 Å². The van der Waals surface area contributed by atoms with Crippen molar-refractivity contribution in [2.75, 3.05) is 0 Å². The number of hydrogen-bond acceptors (Lipinski definition) is 4. The van der Waals surface area contributed by atoms with Crippen molar-refractivity contribution in [2.24, 2.45) is 0 Å². The van der Waals surface area contributed by atoms with Crippen molar-refractivity contribution in [1.29, 1.82) is 0 Å². The zero-order chi connectivity index (χ0) is 22.5. The second-order valence-electron chi connectivity index (χ2n) is 8.18. The first-order valence-corrected chi connectivity index (χ1v) is 11.6. The van der Waals surface area contributed by atoms with Crippen LogP contribution >= 0.6 is 0 Å². The van der Waals surface area contributed by atoms with E-state index in [4.69, 9.17) is 9.47 Å². The van der Waals surface area contributed by atoms with Crippen LogP contribution in [0.15, 0.2) is 60.7 Å². The molecular formula is C27H36O4. The summed E-state index contributed by atoms with van der Waals surface area (Å²) in [5, 5.41) is 0. The van der Waals surface area contributed by atoms with Crippen LogP contribution in [0.3, 0.4) is 0 Å². The first kappa shape index (κ1) is 24.6. The Hall–Kier alpha value is -2.62. The third kappa shape index (κ3) is 7.86. The smallest absolute Gasteiger partial charge is 0.338 e. The molecule has 0 heterocycles. The molecule has 0 aliphatic rings. The Balaban J connectivity index is 2.24. The lowest BCUT2D eigenvalue weighted by Crippen LogP contribution is -2.40. The molecule has 4 nitrogen and oxygen atoms in total. The molecule has 0 amide bonds. The van der Waals surface area contributed by atoms with Gasteiger partial charge in [-0.2, -0.15) is 0 Å². The van der Waals surface area contributed by atoms with E-state index in [2.05, 4.69) is 20.8 Å². The molecule has 0 radical (unpaired) electrons. The largest absolute Gasteiger partial charge is 0.459 e. The number of rotatable bonds is 13. The van der Waals surface area contributed by atoms with Gasteiger partial charge in [0.15, 0.2) is 0 Å². The molecule has 0 spiro atoms. The second kappa shape index (κ2) is 12.9. The second-order valence-corrected chi connectivity index (χ2v) is 8.18. The van der Waals surface area contributed by atoms with Crippen molar-refractivity contribution in [3.8, 4) is 0 Å². The molecule has 0 aromatic heterocycles. The van der Waals surface area contributed by atoms with Gasteiger partial charge in [0, 0.05) is 6.42 Å². The van der Waals surface area contributed by atoms with Crippen LogP contribution < -0.4 is 0 Å². The molecule has 2 unspecified atom stereocenters. The van der Waals surface area contributed by atoms with Gasteiger partial charge in [0.25, 0.3) is 0 Å². The fourth-order valence-electron chi connectivity index (χ4n) is 3.99. The predicted octanol–water partition coefficient (Wildman–Crippen LogP) is 6.99. The summed E-state index contributed by atoms with van der Waals surface area (Å²) in [6.45, 7) is 6.31. The molecular weight excluding hydrogens is 388 g/mol. The standard InChI is InChI=1S/C27H36O4/c1-4-7-20-27(19-6-3,31-26(29)23-17-12-9-13-18-23)21-24(14-5-2)30-25(28)22-15-10-8-11-16-22/h8-13,15-18,24H,4-7,14,19-21H2,1-3H3. The zero-order valence-electron chi connectivity index (χ0n) is 19.1. The van der Waals surface area contributed by atoms with E-state index in [1.807, 2.05) is 36.4 Å². The van der Waals surface area contributed by atoms with Crippen LogP contribution in [-0.2, 0) is 9.47 Å². The van der Waals surface area contributed by atoms with E-state index >= 15 is 0 Å². The van der Waals surface area contributed by atoms with Gasteiger partial charge in [0.2, 0.25) is 0 Å². The number of carbonyl (C=O) groups excluding carboxylic acids is 2. The van der Waals surface area contributed by atoms with Gasteiger partial charge in [-0.05, 0) is 49.9 Å². The molecule has 0 N–H and O–H groups in total. The first-order chi connectivity index (χ1) is 15.0. The van der Waals surface area contributed by atoms with Crippen molar-refractivity contribution in [3.05, 3.63) is 71.8 Å². The summed E-state index contributed by atoms with van der Waals surface area (Å²) in [7, 11) is 0. The van der Waals surface area contributed by atoms with Gasteiger partial charge in [0.05, 0.1) is 11.1 Å². The summed E-state index contributed by atoms with van der Waals surface area (Å²) in [5.41, 5.74) is 0.446. The van der Waals surface area contributed by atoms with Gasteiger partial charge in [-0.3, -0.25) is 0 Å². The molecule has 0 bridgehead atoms. The molecule has 2 atom stereocenters. The van der Waals surface area contributed by atoms with Crippen LogP contribution in [0.25, 0.3) is 0 Å². The molecule has 2 aromatic rings. The van der Waals surface area contributed by atoms with E-state index in [9.17, 15) is 9.59 Å². The number of hydrogen-bond donors (Lipinski definition) is 0. The van der Waals surface area contributed by atoms with E-state index in [0.29, 0.717) is 17.5 Å². The average Bonchev–Trinajstić information content (AvgIpc) is 2.79. The monoisotopic (exact) mass is 424 g/mol. The molecule has 0 saturated carbocycles. The van der Waals surface area contributed by atoms with Crippen LogP contribution in [0.2, 0.25) is 0 Å². The number of esters is 2. The number of unbranched alkanes of at least 4 members (excludes halogenated alkanes) is 1. The zero-order valence-corrected chi connectivity index (χ0v) is 19.1. The van der Waals surface area contributed by atoms with Crippen molar-refractivity contribution in [1.82, 2.24) is 0 Å². The Labute approximate surface area is 187 Å². The van der Waals surface area contributed by atoms with Crippen LogP contribution in [-0.4, -0.2) is 23.6 Å². The van der Waals surface area contributed by atoms with Gasteiger partial charge in [0.1, 0.15) is 11.7 Å². The Kier molecular flexibility index (Phi) is 10.3. The van der Waals surface area contributed by atoms with Gasteiger partial charge >= 0.3 is 11.9 Å². The number of carbonyl (C=O) groups is 2. The number of benzene rings is 2. The Morgan fingerprint density at radius 2 is 1.35 bits per heavy atom. The Morgan fingerprint density at radius 1 is 0.774 bits per heavy atom. The minimum absolute atomic E-state index is 0.301. The van der Waals surface area contributed by atoms with Crippen LogP contribution in [0.5, 0.6) is 0 Å². The van der Waals surface area contributed by atoms with Gasteiger partial charge < -0.3 is 9.47 Å². The SMILES string of the molecule is CCCCC(CCC)(CC(CCC)OC(=O)c1ccccc1)OC(=O)c1ccccc1. The van der Waals surface area contributed by atoms with Crippen molar-refractivity contribution < 1.29 is 19.1 Å². The van der Waals surface area contributed by atoms with E-state index in [-0.39, 0.29) is 18.0 Å². The minimum atomic E-state index is -0.644. The molecule has 2 aromatic carbocycles. The highest BCUT2D eigenvalue weighted by molar-refractivity contribution is 5.90. The fourth-order valence-corrected chi connectivity index (χ4v) is 3.99. The van der Waals surface area contributed by atoms with E-state index in [1.165, 1.54) is 0 Å². The maximum absolute atomic E-state index is 13.0. The Bertz CT molecular complexity index is 787. The van der Waals surface area contributed by atoms with E-state index < -0.39 is 5.60 Å². The Morgan fingerprint density at radius 3 is 1.87 bits per heavy atom. The molecule has 168 valence electrons. The third-order valence-electron chi connectivity index (χ3n) is 5.50. The van der Waals surface area contributed by atoms with E-state index in [1.54, 1.807) is 24.3 Å². The third-order valence-corrected chi connectivity index (χ3v) is 5.50. The summed E-state index contributed by atoms with van der Waals surface area (Å²) in [4.78, 5) is 25.7. The normalized spacial score (nSPS) is 13.8. The van der Waals surface area contributed by atoms with Gasteiger partial charge in [-0.25, -0.2) is 9.59 Å². The summed E-state index contributed by atoms with van der Waals surface area (Å²) in [5.74, 6) is -0.635. The van der Waals surface area contributed by atoms with E-state index in [0.717, 1.165) is 44.9 Å². The number of ether oxygens (including phenoxy) is 2. The molecule has 0 aliphatic carbocycles. The van der Waals surface area contributed by atoms with Gasteiger partial charge in [-0.1, -0.05) is 76.4 Å². The molecule has 0 fully saturated rings. The summed E-state index contributed by atoms with van der Waals surface area (Å²) in [6, 6.07) is 18.2. The first-order valence-electron chi connectivity index (χ1n) is 11.6. The lowest BCUT2D eigenvalue weighted by atomic mass is 9.84. The molecule has 31 heavy (non-hydrogen) atoms. The highest BCUT2D eigenvalue weighted by atomic mass is 16.6. The van der Waals surface area contributed by atoms with Gasteiger partial charge in [-0.15, -0.1) is 0 Å². The minimum Gasteiger partial charge on any atom is -0.459 e. The van der Waals surface area contributed by atoms with Crippen LogP contribution in [0, 0.1) is 0 Å². The maximum Gasteiger partial charge on any atom is 0.338 e. The molecule has 0 aliphatic heterocycles. The lowest BCUT2D eigenvalue weighted by Gasteiger charge is -2.36. The summed E-state index contributed by atoms with van der Waals surface area (Å²) in [6.07, 6.45) is 6.19.